The Morgan fingerprint density at radius 3 is 2.17 bits per heavy atom. The van der Waals surface area contributed by atoms with Crippen molar-refractivity contribution in [3.63, 3.8) is 0 Å². The molecule has 0 heterocycles. The SMILES string of the molecule is CC(C)CC(N)(N)C1(c2ccc(Cl)cc2)CCC1. The van der Waals surface area contributed by atoms with Crippen LogP contribution in [0.15, 0.2) is 24.3 Å². The number of halogens is 1. The molecule has 0 atom stereocenters. The molecule has 0 saturated heterocycles. The molecule has 1 saturated carbocycles. The summed E-state index contributed by atoms with van der Waals surface area (Å²) in [6.45, 7) is 4.34. The minimum Gasteiger partial charge on any atom is -0.313 e. The topological polar surface area (TPSA) is 52.0 Å². The van der Waals surface area contributed by atoms with Crippen LogP contribution in [0.2, 0.25) is 5.02 Å². The maximum absolute atomic E-state index is 6.47. The largest absolute Gasteiger partial charge is 0.313 e. The standard InChI is InChI=1S/C15H23ClN2/c1-11(2)10-15(17,18)14(8-3-9-14)12-4-6-13(16)7-5-12/h4-7,11H,3,8-10,17-18H2,1-2H3. The monoisotopic (exact) mass is 266 g/mol. The van der Waals surface area contributed by atoms with Crippen LogP contribution in [0.3, 0.4) is 0 Å². The molecule has 0 aromatic heterocycles. The average Bonchev–Trinajstić information content (AvgIpc) is 2.16. The third-order valence-electron chi connectivity index (χ3n) is 4.24. The fourth-order valence-corrected chi connectivity index (χ4v) is 3.32. The first kappa shape index (κ1) is 13.9. The first-order chi connectivity index (χ1) is 8.37. The summed E-state index contributed by atoms with van der Waals surface area (Å²) < 4.78 is 0. The average molecular weight is 267 g/mol. The van der Waals surface area contributed by atoms with E-state index in [9.17, 15) is 0 Å². The molecule has 4 N–H and O–H groups in total. The molecule has 0 spiro atoms. The van der Waals surface area contributed by atoms with Crippen LogP contribution in [-0.2, 0) is 5.41 Å². The molecular weight excluding hydrogens is 244 g/mol. The van der Waals surface area contributed by atoms with Crippen LogP contribution < -0.4 is 11.5 Å². The fourth-order valence-electron chi connectivity index (χ4n) is 3.19. The first-order valence-electron chi connectivity index (χ1n) is 6.71. The smallest absolute Gasteiger partial charge is 0.0738 e. The van der Waals surface area contributed by atoms with Crippen LogP contribution in [0.1, 0.15) is 45.1 Å². The van der Waals surface area contributed by atoms with Gasteiger partial charge in [-0.25, -0.2) is 0 Å². The van der Waals surface area contributed by atoms with E-state index in [1.54, 1.807) is 0 Å². The summed E-state index contributed by atoms with van der Waals surface area (Å²) in [4.78, 5) is 0. The minimum atomic E-state index is -0.632. The molecule has 100 valence electrons. The Bertz CT molecular complexity index is 405. The molecule has 1 aromatic rings. The van der Waals surface area contributed by atoms with Crippen LogP contribution in [0.4, 0.5) is 0 Å². The van der Waals surface area contributed by atoms with Gasteiger partial charge >= 0.3 is 0 Å². The third-order valence-corrected chi connectivity index (χ3v) is 4.49. The van der Waals surface area contributed by atoms with Crippen molar-refractivity contribution >= 4 is 11.6 Å². The Hall–Kier alpha value is -0.570. The van der Waals surface area contributed by atoms with E-state index in [1.807, 2.05) is 12.1 Å². The van der Waals surface area contributed by atoms with Crippen LogP contribution in [0.25, 0.3) is 0 Å². The summed E-state index contributed by atoms with van der Waals surface area (Å²) in [5.74, 6) is 0.504. The van der Waals surface area contributed by atoms with Gasteiger partial charge < -0.3 is 11.5 Å². The number of rotatable bonds is 4. The Balaban J connectivity index is 2.33. The molecule has 2 rings (SSSR count). The van der Waals surface area contributed by atoms with Gasteiger partial charge in [-0.3, -0.25) is 0 Å². The summed E-state index contributed by atoms with van der Waals surface area (Å²) in [7, 11) is 0. The molecule has 1 aliphatic carbocycles. The molecule has 0 bridgehead atoms. The van der Waals surface area contributed by atoms with Crippen LogP contribution >= 0.6 is 11.6 Å². The van der Waals surface area contributed by atoms with Crippen molar-refractivity contribution in [2.45, 2.75) is 50.6 Å². The Morgan fingerprint density at radius 2 is 1.78 bits per heavy atom. The highest BCUT2D eigenvalue weighted by atomic mass is 35.5. The highest BCUT2D eigenvalue weighted by Gasteiger charge is 2.51. The third kappa shape index (κ3) is 2.29. The van der Waals surface area contributed by atoms with E-state index in [4.69, 9.17) is 23.1 Å². The highest BCUT2D eigenvalue weighted by molar-refractivity contribution is 6.30. The lowest BCUT2D eigenvalue weighted by molar-refractivity contribution is 0.0964. The van der Waals surface area contributed by atoms with Gasteiger partial charge in [-0.15, -0.1) is 0 Å². The van der Waals surface area contributed by atoms with E-state index < -0.39 is 5.66 Å². The van der Waals surface area contributed by atoms with E-state index in [0.29, 0.717) is 5.92 Å². The molecule has 2 nitrogen and oxygen atoms in total. The van der Waals surface area contributed by atoms with E-state index in [1.165, 1.54) is 12.0 Å². The van der Waals surface area contributed by atoms with Crippen molar-refractivity contribution in [1.82, 2.24) is 0 Å². The first-order valence-corrected chi connectivity index (χ1v) is 7.09. The highest BCUT2D eigenvalue weighted by Crippen LogP contribution is 2.50. The van der Waals surface area contributed by atoms with Crippen molar-refractivity contribution in [1.29, 1.82) is 0 Å². The summed E-state index contributed by atoms with van der Waals surface area (Å²) >= 11 is 5.96. The van der Waals surface area contributed by atoms with E-state index in [0.717, 1.165) is 24.3 Å². The van der Waals surface area contributed by atoms with E-state index in [-0.39, 0.29) is 5.41 Å². The quantitative estimate of drug-likeness (QED) is 0.821. The van der Waals surface area contributed by atoms with Crippen LogP contribution in [0.5, 0.6) is 0 Å². The Kier molecular flexibility index (Phi) is 3.72. The predicted octanol–water partition coefficient (Wildman–Crippen LogP) is 3.42. The molecule has 1 fully saturated rings. The van der Waals surface area contributed by atoms with Crippen molar-refractivity contribution in [2.75, 3.05) is 0 Å². The van der Waals surface area contributed by atoms with Gasteiger partial charge in [0, 0.05) is 10.4 Å². The van der Waals surface area contributed by atoms with E-state index in [2.05, 4.69) is 26.0 Å². The maximum atomic E-state index is 6.47. The molecule has 0 unspecified atom stereocenters. The van der Waals surface area contributed by atoms with Crippen molar-refractivity contribution in [3.8, 4) is 0 Å². The van der Waals surface area contributed by atoms with Crippen molar-refractivity contribution in [2.24, 2.45) is 17.4 Å². The van der Waals surface area contributed by atoms with Gasteiger partial charge in [-0.2, -0.15) is 0 Å². The zero-order valence-electron chi connectivity index (χ0n) is 11.2. The second kappa shape index (κ2) is 4.84. The van der Waals surface area contributed by atoms with E-state index >= 15 is 0 Å². The molecule has 0 radical (unpaired) electrons. The molecule has 0 amide bonds. The van der Waals surface area contributed by atoms with Gasteiger partial charge in [0.2, 0.25) is 0 Å². The molecule has 1 aliphatic rings. The number of hydrogen-bond donors (Lipinski definition) is 2. The van der Waals surface area contributed by atoms with Gasteiger partial charge in [0.05, 0.1) is 5.66 Å². The summed E-state index contributed by atoms with van der Waals surface area (Å²) in [6, 6.07) is 8.03. The lowest BCUT2D eigenvalue weighted by Gasteiger charge is -2.53. The number of nitrogens with two attached hydrogens (primary N) is 2. The zero-order chi connectivity index (χ0) is 13.4. The molecule has 3 heteroatoms. The molecular formula is C15H23ClN2. The second-order valence-electron chi connectivity index (χ2n) is 6.08. The van der Waals surface area contributed by atoms with Gasteiger partial charge in [0.15, 0.2) is 0 Å². The lowest BCUT2D eigenvalue weighted by atomic mass is 9.56. The summed E-state index contributed by atoms with van der Waals surface area (Å²) in [6.07, 6.45) is 4.20. The fraction of sp³-hybridized carbons (Fsp3) is 0.600. The van der Waals surface area contributed by atoms with Gasteiger partial charge in [-0.05, 0) is 42.9 Å². The van der Waals surface area contributed by atoms with Crippen LogP contribution in [-0.4, -0.2) is 5.66 Å². The molecule has 0 aliphatic heterocycles. The minimum absolute atomic E-state index is 0.0676. The zero-order valence-corrected chi connectivity index (χ0v) is 12.0. The molecule has 1 aromatic carbocycles. The van der Waals surface area contributed by atoms with Crippen molar-refractivity contribution < 1.29 is 0 Å². The maximum Gasteiger partial charge on any atom is 0.0738 e. The lowest BCUT2D eigenvalue weighted by Crippen LogP contribution is -2.68. The number of hydrogen-bond acceptors (Lipinski definition) is 2. The van der Waals surface area contributed by atoms with Crippen LogP contribution in [0, 0.1) is 5.92 Å². The van der Waals surface area contributed by atoms with Gasteiger partial charge in [-0.1, -0.05) is 44.0 Å². The number of benzene rings is 1. The van der Waals surface area contributed by atoms with Gasteiger partial charge in [0.1, 0.15) is 0 Å². The Labute approximate surface area is 115 Å². The van der Waals surface area contributed by atoms with Crippen molar-refractivity contribution in [3.05, 3.63) is 34.9 Å². The second-order valence-corrected chi connectivity index (χ2v) is 6.52. The summed E-state index contributed by atoms with van der Waals surface area (Å²) in [5.41, 5.74) is 13.5. The van der Waals surface area contributed by atoms with Gasteiger partial charge in [0.25, 0.3) is 0 Å². The Morgan fingerprint density at radius 1 is 1.22 bits per heavy atom. The summed E-state index contributed by atoms with van der Waals surface area (Å²) in [5, 5.41) is 0.761. The predicted molar refractivity (Wildman–Crippen MR) is 77.5 cm³/mol. The normalized spacial score (nSPS) is 18.8. The molecule has 18 heavy (non-hydrogen) atoms.